The summed E-state index contributed by atoms with van der Waals surface area (Å²) in [5, 5.41) is 30.1. The van der Waals surface area contributed by atoms with Gasteiger partial charge in [-0.3, -0.25) is 4.79 Å². The first-order chi connectivity index (χ1) is 11.8. The third kappa shape index (κ3) is 2.94. The van der Waals surface area contributed by atoms with Gasteiger partial charge >= 0.3 is 5.97 Å². The molecule has 0 radical (unpaired) electrons. The molecule has 2 fully saturated rings. The third-order valence-corrected chi connectivity index (χ3v) is 7.61. The van der Waals surface area contributed by atoms with Crippen molar-refractivity contribution in [2.75, 3.05) is 13.7 Å². The number of ether oxygens (including phenoxy) is 1. The van der Waals surface area contributed by atoms with E-state index in [4.69, 9.17) is 4.74 Å². The van der Waals surface area contributed by atoms with Crippen molar-refractivity contribution in [1.29, 1.82) is 0 Å². The second-order valence-electron chi connectivity index (χ2n) is 8.90. The zero-order valence-electron chi connectivity index (χ0n) is 15.6. The Morgan fingerprint density at radius 3 is 2.72 bits per heavy atom. The molecular formula is C20H32O5. The third-order valence-electron chi connectivity index (χ3n) is 7.61. The number of hydrogen-bond donors (Lipinski definition) is 3. The maximum Gasteiger partial charge on any atom is 0.311 e. The van der Waals surface area contributed by atoms with Gasteiger partial charge < -0.3 is 20.1 Å². The molecule has 3 rings (SSSR count). The van der Waals surface area contributed by atoms with Crippen molar-refractivity contribution in [3.05, 3.63) is 11.6 Å². The van der Waals surface area contributed by atoms with Gasteiger partial charge in [0.05, 0.1) is 31.8 Å². The van der Waals surface area contributed by atoms with Crippen LogP contribution in [0.2, 0.25) is 0 Å². The molecule has 0 amide bonds. The van der Waals surface area contributed by atoms with Crippen LogP contribution in [0.1, 0.15) is 52.4 Å². The van der Waals surface area contributed by atoms with Crippen LogP contribution in [0.5, 0.6) is 0 Å². The van der Waals surface area contributed by atoms with E-state index in [1.54, 1.807) is 0 Å². The number of methoxy groups -OCH3 is 1. The van der Waals surface area contributed by atoms with Crippen molar-refractivity contribution < 1.29 is 24.9 Å². The zero-order chi connectivity index (χ0) is 18.4. The Morgan fingerprint density at radius 1 is 1.36 bits per heavy atom. The van der Waals surface area contributed by atoms with E-state index in [0.29, 0.717) is 12.3 Å². The smallest absolute Gasteiger partial charge is 0.311 e. The summed E-state index contributed by atoms with van der Waals surface area (Å²) in [4.78, 5) is 12.3. The molecule has 0 aromatic heterocycles. The lowest BCUT2D eigenvalue weighted by Gasteiger charge is -2.57. The molecule has 2 saturated carbocycles. The van der Waals surface area contributed by atoms with Crippen LogP contribution >= 0.6 is 0 Å². The van der Waals surface area contributed by atoms with E-state index in [2.05, 4.69) is 19.9 Å². The largest absolute Gasteiger partial charge is 0.469 e. The molecule has 7 unspecified atom stereocenters. The summed E-state index contributed by atoms with van der Waals surface area (Å²) in [6, 6.07) is 0. The molecule has 3 N–H and O–H groups in total. The number of aliphatic hydroxyl groups is 3. The summed E-state index contributed by atoms with van der Waals surface area (Å²) in [5.74, 6) is -0.260. The van der Waals surface area contributed by atoms with Crippen LogP contribution in [0.3, 0.4) is 0 Å². The maximum atomic E-state index is 12.3. The van der Waals surface area contributed by atoms with E-state index in [9.17, 15) is 20.1 Å². The van der Waals surface area contributed by atoms with Crippen molar-refractivity contribution in [1.82, 2.24) is 0 Å². The summed E-state index contributed by atoms with van der Waals surface area (Å²) < 4.78 is 4.99. The van der Waals surface area contributed by atoms with Gasteiger partial charge in [0, 0.05) is 0 Å². The molecule has 0 aromatic rings. The van der Waals surface area contributed by atoms with Crippen LogP contribution in [-0.2, 0) is 9.53 Å². The Kier molecular flexibility index (Phi) is 5.04. The highest BCUT2D eigenvalue weighted by atomic mass is 16.5. The number of rotatable bonds is 3. The Hall–Kier alpha value is -0.910. The summed E-state index contributed by atoms with van der Waals surface area (Å²) in [7, 11) is 1.40. The normalized spacial score (nSPS) is 45.0. The summed E-state index contributed by atoms with van der Waals surface area (Å²) in [5.41, 5.74) is 1.06. The summed E-state index contributed by atoms with van der Waals surface area (Å²) in [6.45, 7) is 4.12. The highest BCUT2D eigenvalue weighted by Gasteiger charge is 2.56. The van der Waals surface area contributed by atoms with Crippen LogP contribution < -0.4 is 0 Å². The average molecular weight is 352 g/mol. The van der Waals surface area contributed by atoms with Gasteiger partial charge in [-0.15, -0.1) is 0 Å². The first-order valence-electron chi connectivity index (χ1n) is 9.50. The van der Waals surface area contributed by atoms with E-state index in [0.717, 1.165) is 32.1 Å². The second kappa shape index (κ2) is 6.67. The zero-order valence-corrected chi connectivity index (χ0v) is 15.6. The monoisotopic (exact) mass is 352 g/mol. The van der Waals surface area contributed by atoms with E-state index in [1.165, 1.54) is 12.7 Å². The standard InChI is InChI=1S/C20H32O5/c1-19(16(23)11-21)8-6-13-12(10-19)4-5-14-17(18(24)25-3)15(22)7-9-20(13,14)2/h4,13-17,21-23H,5-11H2,1-3H3. The van der Waals surface area contributed by atoms with Gasteiger partial charge in [0.25, 0.3) is 0 Å². The van der Waals surface area contributed by atoms with E-state index in [-0.39, 0.29) is 29.3 Å². The molecule has 5 heteroatoms. The fraction of sp³-hybridized carbons (Fsp3) is 0.850. The van der Waals surface area contributed by atoms with Crippen molar-refractivity contribution in [2.45, 2.75) is 64.6 Å². The molecule has 0 heterocycles. The first-order valence-corrected chi connectivity index (χ1v) is 9.50. The van der Waals surface area contributed by atoms with Crippen LogP contribution in [-0.4, -0.2) is 47.2 Å². The first kappa shape index (κ1) is 18.9. The van der Waals surface area contributed by atoms with Gasteiger partial charge in [0.15, 0.2) is 0 Å². The number of hydrogen-bond acceptors (Lipinski definition) is 5. The minimum atomic E-state index is -0.698. The molecule has 3 aliphatic carbocycles. The van der Waals surface area contributed by atoms with Crippen molar-refractivity contribution in [3.63, 3.8) is 0 Å². The minimum Gasteiger partial charge on any atom is -0.469 e. The Morgan fingerprint density at radius 2 is 2.08 bits per heavy atom. The summed E-state index contributed by atoms with van der Waals surface area (Å²) >= 11 is 0. The average Bonchev–Trinajstić information content (AvgIpc) is 2.60. The SMILES string of the molecule is COC(=O)C1C(O)CCC2(C)C3CCC(C)(C(O)CO)CC3=CCC12. The van der Waals surface area contributed by atoms with Gasteiger partial charge in [-0.2, -0.15) is 0 Å². The lowest BCUT2D eigenvalue weighted by Crippen LogP contribution is -2.54. The Bertz CT molecular complexity index is 558. The second-order valence-corrected chi connectivity index (χ2v) is 8.90. The van der Waals surface area contributed by atoms with Crippen LogP contribution in [0, 0.1) is 28.6 Å². The van der Waals surface area contributed by atoms with Gasteiger partial charge in [0.2, 0.25) is 0 Å². The van der Waals surface area contributed by atoms with Crippen molar-refractivity contribution in [3.8, 4) is 0 Å². The number of esters is 1. The number of carbonyl (C=O) groups is 1. The van der Waals surface area contributed by atoms with Crippen molar-refractivity contribution in [2.24, 2.45) is 28.6 Å². The molecule has 0 saturated heterocycles. The highest BCUT2D eigenvalue weighted by Crippen LogP contribution is 2.61. The number of fused-ring (bicyclic) bond motifs is 3. The molecule has 0 aliphatic heterocycles. The van der Waals surface area contributed by atoms with Gasteiger partial charge in [-0.05, 0) is 61.2 Å². The minimum absolute atomic E-state index is 0.0202. The maximum absolute atomic E-state index is 12.3. The Labute approximate surface area is 150 Å². The van der Waals surface area contributed by atoms with Crippen LogP contribution in [0.15, 0.2) is 11.6 Å². The van der Waals surface area contributed by atoms with Gasteiger partial charge in [0.1, 0.15) is 0 Å². The predicted molar refractivity (Wildman–Crippen MR) is 93.6 cm³/mol. The molecule has 5 nitrogen and oxygen atoms in total. The van der Waals surface area contributed by atoms with E-state index >= 15 is 0 Å². The Balaban J connectivity index is 1.90. The molecule has 7 atom stereocenters. The fourth-order valence-corrected chi connectivity index (χ4v) is 5.90. The quantitative estimate of drug-likeness (QED) is 0.534. The fourth-order valence-electron chi connectivity index (χ4n) is 5.90. The number of carbonyl (C=O) groups excluding carboxylic acids is 1. The molecule has 0 aromatic carbocycles. The topological polar surface area (TPSA) is 87.0 Å². The van der Waals surface area contributed by atoms with E-state index in [1.807, 2.05) is 0 Å². The lowest BCUT2D eigenvalue weighted by atomic mass is 9.48. The highest BCUT2D eigenvalue weighted by molar-refractivity contribution is 5.73. The number of allylic oxidation sites excluding steroid dienone is 2. The number of aliphatic hydroxyl groups excluding tert-OH is 3. The molecule has 3 aliphatic rings. The lowest BCUT2D eigenvalue weighted by molar-refractivity contribution is -0.164. The van der Waals surface area contributed by atoms with E-state index < -0.39 is 18.1 Å². The van der Waals surface area contributed by atoms with Crippen LogP contribution in [0.4, 0.5) is 0 Å². The van der Waals surface area contributed by atoms with Crippen LogP contribution in [0.25, 0.3) is 0 Å². The molecule has 25 heavy (non-hydrogen) atoms. The van der Waals surface area contributed by atoms with Gasteiger partial charge in [-0.25, -0.2) is 0 Å². The van der Waals surface area contributed by atoms with Gasteiger partial charge in [-0.1, -0.05) is 25.5 Å². The summed E-state index contributed by atoms with van der Waals surface area (Å²) in [6.07, 6.45) is 5.84. The molecule has 0 bridgehead atoms. The molecule has 142 valence electrons. The predicted octanol–water partition coefficient (Wildman–Crippen LogP) is 2.04. The molecular weight excluding hydrogens is 320 g/mol. The van der Waals surface area contributed by atoms with Crippen molar-refractivity contribution >= 4 is 5.97 Å². The molecule has 0 spiro atoms.